The van der Waals surface area contributed by atoms with Crippen molar-refractivity contribution < 1.29 is 9.53 Å². The van der Waals surface area contributed by atoms with Crippen molar-refractivity contribution in [3.63, 3.8) is 0 Å². The second-order valence-corrected chi connectivity index (χ2v) is 9.59. The molecule has 172 valence electrons. The summed E-state index contributed by atoms with van der Waals surface area (Å²) in [6, 6.07) is 22.3. The van der Waals surface area contributed by atoms with Gasteiger partial charge in [0.15, 0.2) is 11.5 Å². The van der Waals surface area contributed by atoms with Crippen LogP contribution in [0.25, 0.3) is 11.1 Å². The summed E-state index contributed by atoms with van der Waals surface area (Å²) < 4.78 is 6.64. The molecule has 0 radical (unpaired) electrons. The average Bonchev–Trinajstić information content (AvgIpc) is 3.07. The number of ether oxygens (including phenoxy) is 1. The summed E-state index contributed by atoms with van der Waals surface area (Å²) >= 11 is 0. The van der Waals surface area contributed by atoms with Gasteiger partial charge in [-0.15, -0.1) is 0 Å². The maximum absolute atomic E-state index is 13.7. The minimum atomic E-state index is -1.08. The molecule has 4 N–H and O–H groups in total. The number of aliphatic imine (C=N–C) groups is 1. The van der Waals surface area contributed by atoms with Crippen LogP contribution in [-0.4, -0.2) is 29.9 Å². The Balaban J connectivity index is 1.48. The van der Waals surface area contributed by atoms with Crippen LogP contribution in [0.2, 0.25) is 0 Å². The third-order valence-corrected chi connectivity index (χ3v) is 7.59. The van der Waals surface area contributed by atoms with E-state index >= 15 is 0 Å². The second-order valence-electron chi connectivity index (χ2n) is 9.59. The number of hydrogen-bond donors (Lipinski definition) is 2. The number of amides is 1. The number of nitrogen functional groups attached to an aromatic ring is 1. The van der Waals surface area contributed by atoms with Gasteiger partial charge >= 0.3 is 0 Å². The number of carbonyl (C=O) groups is 1. The summed E-state index contributed by atoms with van der Waals surface area (Å²) in [5.74, 6) is 1.05. The monoisotopic (exact) mass is 452 g/mol. The van der Waals surface area contributed by atoms with Crippen molar-refractivity contribution in [1.82, 2.24) is 4.90 Å². The molecule has 0 fully saturated rings. The van der Waals surface area contributed by atoms with Gasteiger partial charge in [0.25, 0.3) is 5.91 Å². The molecular formula is C28H28N4O2. The fraction of sp³-hybridized carbons (Fsp3) is 0.286. The molecule has 34 heavy (non-hydrogen) atoms. The summed E-state index contributed by atoms with van der Waals surface area (Å²) in [5.41, 5.74) is 17.2. The van der Waals surface area contributed by atoms with Gasteiger partial charge in [0, 0.05) is 30.6 Å². The van der Waals surface area contributed by atoms with Gasteiger partial charge in [-0.2, -0.15) is 0 Å². The highest BCUT2D eigenvalue weighted by Crippen LogP contribution is 2.50. The fourth-order valence-corrected chi connectivity index (χ4v) is 5.87. The Labute approximate surface area is 199 Å². The summed E-state index contributed by atoms with van der Waals surface area (Å²) in [6.07, 6.45) is 3.51. The van der Waals surface area contributed by atoms with Crippen LogP contribution in [0.4, 0.5) is 5.69 Å². The van der Waals surface area contributed by atoms with Crippen molar-refractivity contribution in [3.05, 3.63) is 83.4 Å². The minimum absolute atomic E-state index is 0.103. The van der Waals surface area contributed by atoms with Gasteiger partial charge in [-0.25, -0.2) is 4.99 Å². The number of nitrogens with two attached hydrogens (primary N) is 2. The van der Waals surface area contributed by atoms with Gasteiger partial charge in [-0.05, 0) is 65.8 Å². The summed E-state index contributed by atoms with van der Waals surface area (Å²) in [5, 5.41) is 0. The van der Waals surface area contributed by atoms with Crippen LogP contribution in [-0.2, 0) is 16.8 Å². The molecule has 3 aromatic rings. The van der Waals surface area contributed by atoms with Gasteiger partial charge in [-0.1, -0.05) is 42.5 Å². The molecule has 1 spiro atoms. The molecule has 3 aromatic carbocycles. The van der Waals surface area contributed by atoms with E-state index in [1.165, 1.54) is 16.0 Å². The average molecular weight is 453 g/mol. The number of benzene rings is 3. The predicted molar refractivity (Wildman–Crippen MR) is 134 cm³/mol. The molecule has 0 saturated carbocycles. The molecule has 2 unspecified atom stereocenters. The largest absolute Gasteiger partial charge is 0.489 e. The van der Waals surface area contributed by atoms with Crippen molar-refractivity contribution in [2.24, 2.45) is 10.7 Å². The van der Waals surface area contributed by atoms with Crippen LogP contribution in [0.1, 0.15) is 41.9 Å². The molecule has 6 heteroatoms. The van der Waals surface area contributed by atoms with E-state index in [0.717, 1.165) is 36.0 Å². The van der Waals surface area contributed by atoms with Gasteiger partial charge in [0.05, 0.1) is 0 Å². The SMILES string of the molecule is CN1C(=O)C2(C[C@H](C3CCCc4ccccc43)Oc3ccc(-c4cccc(N)c4)cc32)N=C1N. The van der Waals surface area contributed by atoms with E-state index in [1.807, 2.05) is 42.5 Å². The standard InChI is InChI=1S/C28H28N4O2/c1-32-26(33)28(31-27(32)30)16-25(22-11-5-7-17-6-2-3-10-21(17)22)34-24-13-12-19(15-23(24)28)18-8-4-9-20(29)14-18/h2-4,6,8-10,12-15,22,25H,5,7,11,16,29H2,1H3,(H2,30,31)/t22?,25-,28?/m1/s1. The number of fused-ring (bicyclic) bond motifs is 3. The number of anilines is 1. The summed E-state index contributed by atoms with van der Waals surface area (Å²) in [6.45, 7) is 0. The second kappa shape index (κ2) is 7.62. The molecule has 6 rings (SSSR count). The summed E-state index contributed by atoms with van der Waals surface area (Å²) in [7, 11) is 1.69. The molecule has 2 heterocycles. The molecule has 3 aliphatic rings. The lowest BCUT2D eigenvalue weighted by Crippen LogP contribution is -2.47. The fourth-order valence-electron chi connectivity index (χ4n) is 5.87. The molecule has 3 atom stereocenters. The van der Waals surface area contributed by atoms with Crippen LogP contribution >= 0.6 is 0 Å². The van der Waals surface area contributed by atoms with E-state index in [0.29, 0.717) is 17.9 Å². The van der Waals surface area contributed by atoms with Crippen LogP contribution < -0.4 is 16.2 Å². The Hall–Kier alpha value is -3.80. The van der Waals surface area contributed by atoms with Crippen molar-refractivity contribution >= 4 is 17.6 Å². The minimum Gasteiger partial charge on any atom is -0.489 e. The van der Waals surface area contributed by atoms with Crippen molar-refractivity contribution in [1.29, 1.82) is 0 Å². The van der Waals surface area contributed by atoms with Gasteiger partial charge < -0.3 is 16.2 Å². The number of guanidine groups is 1. The van der Waals surface area contributed by atoms with Crippen molar-refractivity contribution in [2.45, 2.75) is 43.2 Å². The zero-order valence-electron chi connectivity index (χ0n) is 19.2. The highest BCUT2D eigenvalue weighted by Gasteiger charge is 2.54. The lowest BCUT2D eigenvalue weighted by Gasteiger charge is -2.41. The van der Waals surface area contributed by atoms with Crippen molar-refractivity contribution in [2.75, 3.05) is 12.8 Å². The Kier molecular flexibility index (Phi) is 4.66. The lowest BCUT2D eigenvalue weighted by atomic mass is 9.73. The maximum atomic E-state index is 13.7. The van der Waals surface area contributed by atoms with Crippen molar-refractivity contribution in [3.8, 4) is 16.9 Å². The molecule has 1 aliphatic carbocycles. The van der Waals surface area contributed by atoms with E-state index in [1.54, 1.807) is 7.05 Å². The molecule has 1 amide bonds. The number of likely N-dealkylation sites (N-methyl/N-ethyl adjacent to an activating group) is 1. The molecule has 0 aromatic heterocycles. The Morgan fingerprint density at radius 3 is 2.65 bits per heavy atom. The first-order chi connectivity index (χ1) is 16.5. The van der Waals surface area contributed by atoms with Gasteiger partial charge in [0.2, 0.25) is 0 Å². The number of hydrogen-bond acceptors (Lipinski definition) is 5. The van der Waals surface area contributed by atoms with Crippen LogP contribution in [0, 0.1) is 0 Å². The zero-order chi connectivity index (χ0) is 23.4. The highest BCUT2D eigenvalue weighted by atomic mass is 16.5. The smallest absolute Gasteiger partial charge is 0.261 e. The lowest BCUT2D eigenvalue weighted by molar-refractivity contribution is -0.132. The van der Waals surface area contributed by atoms with E-state index in [4.69, 9.17) is 21.2 Å². The first-order valence-electron chi connectivity index (χ1n) is 11.8. The molecule has 6 nitrogen and oxygen atoms in total. The maximum Gasteiger partial charge on any atom is 0.261 e. The van der Waals surface area contributed by atoms with Gasteiger partial charge in [0.1, 0.15) is 11.9 Å². The van der Waals surface area contributed by atoms with Crippen LogP contribution in [0.5, 0.6) is 5.75 Å². The Morgan fingerprint density at radius 1 is 1.03 bits per heavy atom. The molecule has 2 aliphatic heterocycles. The third-order valence-electron chi connectivity index (χ3n) is 7.59. The number of nitrogens with zero attached hydrogens (tertiary/aromatic N) is 2. The Morgan fingerprint density at radius 2 is 1.85 bits per heavy atom. The third kappa shape index (κ3) is 3.09. The highest BCUT2D eigenvalue weighted by molar-refractivity contribution is 6.07. The zero-order valence-corrected chi connectivity index (χ0v) is 19.2. The first-order valence-corrected chi connectivity index (χ1v) is 11.8. The number of aryl methyl sites for hydroxylation is 1. The van der Waals surface area contributed by atoms with Gasteiger partial charge in [-0.3, -0.25) is 9.69 Å². The Bertz CT molecular complexity index is 1330. The molecular weight excluding hydrogens is 424 g/mol. The molecule has 0 saturated heterocycles. The first kappa shape index (κ1) is 20.8. The van der Waals surface area contributed by atoms with Crippen LogP contribution in [0.3, 0.4) is 0 Å². The topological polar surface area (TPSA) is 93.9 Å². The van der Waals surface area contributed by atoms with E-state index in [9.17, 15) is 4.79 Å². The number of rotatable bonds is 2. The quantitative estimate of drug-likeness (QED) is 0.570. The summed E-state index contributed by atoms with van der Waals surface area (Å²) in [4.78, 5) is 20.0. The van der Waals surface area contributed by atoms with E-state index < -0.39 is 5.54 Å². The van der Waals surface area contributed by atoms with E-state index in [-0.39, 0.29) is 23.9 Å². The predicted octanol–water partition coefficient (Wildman–Crippen LogP) is 4.19. The number of carbonyl (C=O) groups excluding carboxylic acids is 1. The van der Waals surface area contributed by atoms with Crippen LogP contribution in [0.15, 0.2) is 71.7 Å². The van der Waals surface area contributed by atoms with E-state index in [2.05, 4.69) is 24.3 Å². The molecule has 0 bridgehead atoms. The normalized spacial score (nSPS) is 25.5.